The Labute approximate surface area is 177 Å². The number of allylic oxidation sites excluding steroid dienone is 1. The summed E-state index contributed by atoms with van der Waals surface area (Å²) < 4.78 is 5.64. The minimum atomic E-state index is -0.789. The minimum absolute atomic E-state index is 0.0138. The van der Waals surface area contributed by atoms with Gasteiger partial charge in [0.1, 0.15) is 0 Å². The van der Waals surface area contributed by atoms with E-state index in [9.17, 15) is 4.79 Å². The van der Waals surface area contributed by atoms with Crippen LogP contribution >= 0.6 is 0 Å². The number of nitrogens with zero attached hydrogens (tertiary/aromatic N) is 3. The van der Waals surface area contributed by atoms with Gasteiger partial charge in [0.05, 0.1) is 6.04 Å². The van der Waals surface area contributed by atoms with E-state index in [0.29, 0.717) is 24.1 Å². The fourth-order valence-corrected chi connectivity index (χ4v) is 4.56. The van der Waals surface area contributed by atoms with Crippen LogP contribution in [0.5, 0.6) is 0 Å². The zero-order valence-corrected chi connectivity index (χ0v) is 18.1. The Morgan fingerprint density at radius 2 is 2.20 bits per heavy atom. The van der Waals surface area contributed by atoms with Crippen molar-refractivity contribution in [2.75, 3.05) is 6.54 Å². The Morgan fingerprint density at radius 1 is 1.40 bits per heavy atom. The number of fused-ring (bicyclic) bond motifs is 1. The maximum absolute atomic E-state index is 10.8. The second-order valence-electron chi connectivity index (χ2n) is 9.05. The van der Waals surface area contributed by atoms with E-state index in [1.54, 1.807) is 0 Å². The lowest BCUT2D eigenvalue weighted by molar-refractivity contribution is -0.136. The molecule has 0 saturated carbocycles. The molecular weight excluding hydrogens is 380 g/mol. The molecule has 2 aromatic rings. The first kappa shape index (κ1) is 20.6. The minimum Gasteiger partial charge on any atom is -0.481 e. The first-order valence-corrected chi connectivity index (χ1v) is 10.7. The Bertz CT molecular complexity index is 979. The smallest absolute Gasteiger partial charge is 0.303 e. The average molecular weight is 411 g/mol. The predicted octanol–water partition coefficient (Wildman–Crippen LogP) is 4.26. The SMILES string of the molecule is CCN1NC(c2noc(-c3ccc(CCC(=O)O)cc3C)n2)C2CCC(C)(C)C=C21. The zero-order chi connectivity index (χ0) is 21.5. The van der Waals surface area contributed by atoms with Crippen molar-refractivity contribution >= 4 is 5.97 Å². The third kappa shape index (κ3) is 3.99. The van der Waals surface area contributed by atoms with Crippen LogP contribution in [0.2, 0.25) is 0 Å². The van der Waals surface area contributed by atoms with Crippen molar-refractivity contribution in [1.29, 1.82) is 0 Å². The number of aromatic nitrogens is 2. The van der Waals surface area contributed by atoms with Crippen molar-refractivity contribution in [3.05, 3.63) is 46.9 Å². The van der Waals surface area contributed by atoms with Crippen molar-refractivity contribution in [1.82, 2.24) is 20.6 Å². The second kappa shape index (κ2) is 7.87. The summed E-state index contributed by atoms with van der Waals surface area (Å²) in [4.78, 5) is 15.5. The number of aliphatic carboxylic acids is 1. The first-order chi connectivity index (χ1) is 14.3. The number of hydrogen-bond acceptors (Lipinski definition) is 6. The fraction of sp³-hybridized carbons (Fsp3) is 0.522. The van der Waals surface area contributed by atoms with Crippen LogP contribution in [0.25, 0.3) is 11.5 Å². The topological polar surface area (TPSA) is 91.5 Å². The molecular formula is C23H30N4O3. The van der Waals surface area contributed by atoms with E-state index in [-0.39, 0.29) is 17.9 Å². The van der Waals surface area contributed by atoms with E-state index in [4.69, 9.17) is 14.6 Å². The Hall–Kier alpha value is -2.67. The molecule has 7 heteroatoms. The molecule has 0 bridgehead atoms. The summed E-state index contributed by atoms with van der Waals surface area (Å²) in [5, 5.41) is 15.4. The Kier molecular flexibility index (Phi) is 5.40. The van der Waals surface area contributed by atoms with E-state index >= 15 is 0 Å². The largest absolute Gasteiger partial charge is 0.481 e. The van der Waals surface area contributed by atoms with Crippen LogP contribution in [0, 0.1) is 18.3 Å². The molecule has 0 amide bonds. The summed E-state index contributed by atoms with van der Waals surface area (Å²) in [7, 11) is 0. The highest BCUT2D eigenvalue weighted by atomic mass is 16.5. The van der Waals surface area contributed by atoms with Crippen LogP contribution in [0.1, 0.15) is 63.0 Å². The molecule has 0 radical (unpaired) electrons. The highest BCUT2D eigenvalue weighted by Crippen LogP contribution is 2.46. The fourth-order valence-electron chi connectivity index (χ4n) is 4.56. The number of carbonyl (C=O) groups is 1. The quantitative estimate of drug-likeness (QED) is 0.735. The van der Waals surface area contributed by atoms with Crippen molar-refractivity contribution in [3.8, 4) is 11.5 Å². The van der Waals surface area contributed by atoms with Crippen LogP contribution in [0.15, 0.2) is 34.5 Å². The number of hydrazine groups is 1. The van der Waals surface area contributed by atoms with Crippen molar-refractivity contribution in [3.63, 3.8) is 0 Å². The van der Waals surface area contributed by atoms with Crippen molar-refractivity contribution in [2.24, 2.45) is 11.3 Å². The van der Waals surface area contributed by atoms with Crippen LogP contribution in [0.3, 0.4) is 0 Å². The number of hydrogen-bond donors (Lipinski definition) is 2. The number of aryl methyl sites for hydroxylation is 2. The van der Waals surface area contributed by atoms with E-state index in [1.807, 2.05) is 25.1 Å². The summed E-state index contributed by atoms with van der Waals surface area (Å²) in [5.41, 5.74) is 8.00. The zero-order valence-electron chi connectivity index (χ0n) is 18.1. The molecule has 4 rings (SSSR count). The number of benzene rings is 1. The van der Waals surface area contributed by atoms with E-state index in [0.717, 1.165) is 36.1 Å². The number of rotatable bonds is 6. The maximum Gasteiger partial charge on any atom is 0.303 e. The monoisotopic (exact) mass is 410 g/mol. The van der Waals surface area contributed by atoms with Gasteiger partial charge >= 0.3 is 5.97 Å². The number of carboxylic acid groups (broad SMARTS) is 1. The Morgan fingerprint density at radius 3 is 2.90 bits per heavy atom. The van der Waals surface area contributed by atoms with Gasteiger partial charge in [-0.3, -0.25) is 4.79 Å². The van der Waals surface area contributed by atoms with Gasteiger partial charge < -0.3 is 14.6 Å². The molecule has 1 aromatic heterocycles. The van der Waals surface area contributed by atoms with Gasteiger partial charge in [-0.25, -0.2) is 5.43 Å². The van der Waals surface area contributed by atoms with Gasteiger partial charge in [0.15, 0.2) is 5.82 Å². The molecule has 1 fully saturated rings. The molecule has 1 aliphatic heterocycles. The molecule has 1 saturated heterocycles. The third-order valence-corrected chi connectivity index (χ3v) is 6.21. The highest BCUT2D eigenvalue weighted by Gasteiger charge is 2.43. The molecule has 1 aromatic carbocycles. The molecule has 2 N–H and O–H groups in total. The third-order valence-electron chi connectivity index (χ3n) is 6.21. The number of carboxylic acids is 1. The standard InChI is InChI=1S/C23H30N4O3/c1-5-27-18-13-23(3,4)11-10-17(18)20(25-27)21-24-22(30-26-21)16-8-6-15(12-14(16)2)7-9-19(28)29/h6,8,12-13,17,20,25H,5,7,9-11H2,1-4H3,(H,28,29). The molecule has 2 heterocycles. The highest BCUT2D eigenvalue weighted by molar-refractivity contribution is 5.67. The van der Waals surface area contributed by atoms with Gasteiger partial charge in [-0.15, -0.1) is 0 Å². The maximum atomic E-state index is 10.8. The summed E-state index contributed by atoms with van der Waals surface area (Å²) in [6.07, 6.45) is 5.25. The summed E-state index contributed by atoms with van der Waals surface area (Å²) in [6, 6.07) is 5.89. The van der Waals surface area contributed by atoms with Crippen molar-refractivity contribution < 1.29 is 14.4 Å². The molecule has 2 atom stereocenters. The normalized spacial score (nSPS) is 22.7. The van der Waals surface area contributed by atoms with Crippen LogP contribution < -0.4 is 5.43 Å². The first-order valence-electron chi connectivity index (χ1n) is 10.7. The lowest BCUT2D eigenvalue weighted by atomic mass is 9.75. The predicted molar refractivity (Wildman–Crippen MR) is 113 cm³/mol. The molecule has 160 valence electrons. The van der Waals surface area contributed by atoms with E-state index in [2.05, 4.69) is 42.4 Å². The molecule has 0 spiro atoms. The van der Waals surface area contributed by atoms with Gasteiger partial charge in [-0.1, -0.05) is 37.2 Å². The molecule has 7 nitrogen and oxygen atoms in total. The van der Waals surface area contributed by atoms with Gasteiger partial charge in [-0.2, -0.15) is 4.98 Å². The lowest BCUT2D eigenvalue weighted by Crippen LogP contribution is -2.31. The summed E-state index contributed by atoms with van der Waals surface area (Å²) in [5.74, 6) is 0.752. The molecule has 30 heavy (non-hydrogen) atoms. The van der Waals surface area contributed by atoms with E-state index in [1.165, 1.54) is 5.70 Å². The van der Waals surface area contributed by atoms with Gasteiger partial charge in [0.2, 0.25) is 0 Å². The van der Waals surface area contributed by atoms with Crippen LogP contribution in [-0.4, -0.2) is 32.8 Å². The van der Waals surface area contributed by atoms with Crippen LogP contribution in [-0.2, 0) is 11.2 Å². The Balaban J connectivity index is 1.57. The van der Waals surface area contributed by atoms with Gasteiger partial charge in [0.25, 0.3) is 5.89 Å². The second-order valence-corrected chi connectivity index (χ2v) is 9.05. The average Bonchev–Trinajstić information content (AvgIpc) is 3.30. The molecule has 2 aliphatic rings. The van der Waals surface area contributed by atoms with Gasteiger partial charge in [-0.05, 0) is 55.7 Å². The summed E-state index contributed by atoms with van der Waals surface area (Å²) >= 11 is 0. The lowest BCUT2D eigenvalue weighted by Gasteiger charge is -2.32. The van der Waals surface area contributed by atoms with Crippen LogP contribution in [0.4, 0.5) is 0 Å². The van der Waals surface area contributed by atoms with Crippen molar-refractivity contribution in [2.45, 2.75) is 59.4 Å². The molecule has 2 unspecified atom stereocenters. The summed E-state index contributed by atoms with van der Waals surface area (Å²) in [6.45, 7) is 9.59. The molecule has 1 aliphatic carbocycles. The van der Waals surface area contributed by atoms with Gasteiger partial charge in [0, 0.05) is 30.1 Å². The van der Waals surface area contributed by atoms with E-state index < -0.39 is 5.97 Å². The number of nitrogens with one attached hydrogen (secondary N) is 1.